The number of esters is 1. The van der Waals surface area contributed by atoms with Gasteiger partial charge in [0, 0.05) is 19.0 Å². The zero-order valence-corrected chi connectivity index (χ0v) is 16.8. The molecule has 0 spiro atoms. The van der Waals surface area contributed by atoms with Gasteiger partial charge in [-0.15, -0.1) is 0 Å². The Bertz CT molecular complexity index is 895. The monoisotopic (exact) mass is 411 g/mol. The highest BCUT2D eigenvalue weighted by Crippen LogP contribution is 2.44. The summed E-state index contributed by atoms with van der Waals surface area (Å²) in [6, 6.07) is 15.2. The van der Waals surface area contributed by atoms with E-state index in [1.54, 1.807) is 0 Å². The van der Waals surface area contributed by atoms with Crippen molar-refractivity contribution in [2.75, 3.05) is 19.7 Å². The second kappa shape index (κ2) is 9.54. The molecule has 0 bridgehead atoms. The Morgan fingerprint density at radius 1 is 0.933 bits per heavy atom. The Hall–Kier alpha value is -3.19. The molecule has 0 fully saturated rings. The fourth-order valence-corrected chi connectivity index (χ4v) is 3.82. The minimum Gasteiger partial charge on any atom is -0.481 e. The van der Waals surface area contributed by atoms with Crippen LogP contribution in [0, 0.1) is 0 Å². The first-order valence-electron chi connectivity index (χ1n) is 9.91. The number of ether oxygens (including phenoxy) is 1. The van der Waals surface area contributed by atoms with E-state index in [4.69, 9.17) is 9.84 Å². The van der Waals surface area contributed by atoms with E-state index in [2.05, 4.69) is 12.1 Å². The molecule has 2 aromatic rings. The largest absolute Gasteiger partial charge is 0.481 e. The number of nitrogens with zero attached hydrogens (tertiary/aromatic N) is 1. The molecule has 30 heavy (non-hydrogen) atoms. The Kier molecular flexibility index (Phi) is 6.84. The summed E-state index contributed by atoms with van der Waals surface area (Å²) in [7, 11) is 0. The molecule has 1 atom stereocenters. The van der Waals surface area contributed by atoms with Crippen molar-refractivity contribution in [2.24, 2.45) is 0 Å². The number of carbonyl (C=O) groups excluding carboxylic acids is 1. The van der Waals surface area contributed by atoms with Crippen LogP contribution in [-0.2, 0) is 19.1 Å². The Balaban J connectivity index is 1.60. The number of carboxylic acid groups (broad SMARTS) is 2. The Morgan fingerprint density at radius 2 is 1.47 bits per heavy atom. The molecule has 7 nitrogen and oxygen atoms in total. The maximum absolute atomic E-state index is 12.3. The van der Waals surface area contributed by atoms with Gasteiger partial charge in [0.2, 0.25) is 0 Å². The first-order chi connectivity index (χ1) is 14.4. The molecule has 0 aromatic heterocycles. The molecule has 158 valence electrons. The molecule has 0 saturated heterocycles. The van der Waals surface area contributed by atoms with E-state index in [-0.39, 0.29) is 38.5 Å². The molecule has 1 unspecified atom stereocenters. The van der Waals surface area contributed by atoms with Gasteiger partial charge in [-0.25, -0.2) is 0 Å². The van der Waals surface area contributed by atoms with Crippen molar-refractivity contribution in [2.45, 2.75) is 31.7 Å². The smallest absolute Gasteiger partial charge is 0.320 e. The number of carboxylic acids is 2. The van der Waals surface area contributed by atoms with Gasteiger partial charge in [-0.05, 0) is 29.2 Å². The number of fused-ring (bicyclic) bond motifs is 3. The van der Waals surface area contributed by atoms with Gasteiger partial charge < -0.3 is 14.9 Å². The van der Waals surface area contributed by atoms with Crippen LogP contribution in [0.15, 0.2) is 48.5 Å². The highest BCUT2D eigenvalue weighted by atomic mass is 16.5. The van der Waals surface area contributed by atoms with Gasteiger partial charge in [-0.3, -0.25) is 19.3 Å². The fraction of sp³-hybridized carbons (Fsp3) is 0.348. The number of hydrogen-bond acceptors (Lipinski definition) is 5. The molecule has 0 radical (unpaired) electrons. The van der Waals surface area contributed by atoms with Crippen molar-refractivity contribution in [3.8, 4) is 11.1 Å². The number of aliphatic carboxylic acids is 2. The average molecular weight is 411 g/mol. The van der Waals surface area contributed by atoms with E-state index in [9.17, 15) is 19.5 Å². The summed E-state index contributed by atoms with van der Waals surface area (Å²) in [5.74, 6) is -2.55. The first-order valence-corrected chi connectivity index (χ1v) is 9.91. The second-order valence-corrected chi connectivity index (χ2v) is 7.35. The zero-order valence-electron chi connectivity index (χ0n) is 16.8. The lowest BCUT2D eigenvalue weighted by molar-refractivity contribution is -0.147. The topological polar surface area (TPSA) is 104 Å². The predicted octanol–water partition coefficient (Wildman–Crippen LogP) is 2.98. The first kappa shape index (κ1) is 21.5. The summed E-state index contributed by atoms with van der Waals surface area (Å²) in [5.41, 5.74) is 4.52. The van der Waals surface area contributed by atoms with Gasteiger partial charge in [0.1, 0.15) is 12.6 Å². The fourth-order valence-electron chi connectivity index (χ4n) is 3.82. The van der Waals surface area contributed by atoms with Gasteiger partial charge in [0.25, 0.3) is 0 Å². The number of carbonyl (C=O) groups is 3. The summed E-state index contributed by atoms with van der Waals surface area (Å²) < 4.78 is 5.53. The standard InChI is InChI=1S/C23H25NO6/c1-15(23(28)29)24(12-10-21(25)26)13-11-22(27)30-14-20-18-8-4-2-6-16(18)17-7-3-5-9-19(17)20/h2-9,15,20H,10-14H2,1H3,(H,25,26)(H,28,29). The summed E-state index contributed by atoms with van der Waals surface area (Å²) >= 11 is 0. The maximum atomic E-state index is 12.3. The zero-order chi connectivity index (χ0) is 21.7. The molecule has 0 aliphatic heterocycles. The average Bonchev–Trinajstić information content (AvgIpc) is 3.05. The van der Waals surface area contributed by atoms with Crippen LogP contribution >= 0.6 is 0 Å². The van der Waals surface area contributed by atoms with Gasteiger partial charge in [-0.2, -0.15) is 0 Å². The quantitative estimate of drug-likeness (QED) is 0.579. The normalized spacial score (nSPS) is 13.5. The van der Waals surface area contributed by atoms with Gasteiger partial charge in [0.15, 0.2) is 0 Å². The molecule has 7 heteroatoms. The number of benzene rings is 2. The van der Waals surface area contributed by atoms with Crippen molar-refractivity contribution in [1.82, 2.24) is 4.90 Å². The SMILES string of the molecule is CC(C(=O)O)N(CCC(=O)O)CCC(=O)OCC1c2ccccc2-c2ccccc21. The molecule has 3 rings (SSSR count). The maximum Gasteiger partial charge on any atom is 0.320 e. The second-order valence-electron chi connectivity index (χ2n) is 7.35. The minimum absolute atomic E-state index is 0.00669. The van der Waals surface area contributed by atoms with E-state index in [1.165, 1.54) is 11.8 Å². The lowest BCUT2D eigenvalue weighted by atomic mass is 9.98. The highest BCUT2D eigenvalue weighted by Gasteiger charge is 2.29. The highest BCUT2D eigenvalue weighted by molar-refractivity contribution is 5.79. The molecular formula is C23H25NO6. The van der Waals surface area contributed by atoms with Crippen LogP contribution in [0.3, 0.4) is 0 Å². The van der Waals surface area contributed by atoms with Crippen molar-refractivity contribution in [1.29, 1.82) is 0 Å². The molecule has 2 N–H and O–H groups in total. The van der Waals surface area contributed by atoms with Crippen LogP contribution in [0.4, 0.5) is 0 Å². The lowest BCUT2D eigenvalue weighted by Gasteiger charge is -2.25. The summed E-state index contributed by atoms with van der Waals surface area (Å²) in [6.07, 6.45) is -0.199. The third-order valence-electron chi connectivity index (χ3n) is 5.49. The Morgan fingerprint density at radius 3 is 2.00 bits per heavy atom. The molecule has 0 saturated carbocycles. The number of hydrogen-bond donors (Lipinski definition) is 2. The van der Waals surface area contributed by atoms with Crippen LogP contribution < -0.4 is 0 Å². The van der Waals surface area contributed by atoms with Crippen molar-refractivity contribution >= 4 is 17.9 Å². The number of rotatable bonds is 10. The van der Waals surface area contributed by atoms with Gasteiger partial charge in [0.05, 0.1) is 12.8 Å². The van der Waals surface area contributed by atoms with Gasteiger partial charge >= 0.3 is 17.9 Å². The van der Waals surface area contributed by atoms with Crippen molar-refractivity contribution in [3.05, 3.63) is 59.7 Å². The third kappa shape index (κ3) is 4.86. The van der Waals surface area contributed by atoms with Crippen LogP contribution in [0.2, 0.25) is 0 Å². The van der Waals surface area contributed by atoms with E-state index < -0.39 is 23.9 Å². The lowest BCUT2D eigenvalue weighted by Crippen LogP contribution is -2.41. The summed E-state index contributed by atoms with van der Waals surface area (Å²) in [4.78, 5) is 35.9. The molecule has 0 amide bonds. The van der Waals surface area contributed by atoms with E-state index in [1.807, 2.05) is 36.4 Å². The minimum atomic E-state index is -1.06. The van der Waals surface area contributed by atoms with Crippen molar-refractivity contribution in [3.63, 3.8) is 0 Å². The molecule has 1 aliphatic carbocycles. The Labute approximate surface area is 174 Å². The molecule has 1 aliphatic rings. The summed E-state index contributed by atoms with van der Waals surface area (Å²) in [6.45, 7) is 1.86. The van der Waals surface area contributed by atoms with E-state index in [0.29, 0.717) is 0 Å². The van der Waals surface area contributed by atoms with E-state index >= 15 is 0 Å². The molecular weight excluding hydrogens is 386 g/mol. The predicted molar refractivity (Wildman–Crippen MR) is 110 cm³/mol. The molecule has 2 aromatic carbocycles. The van der Waals surface area contributed by atoms with Crippen LogP contribution in [0.1, 0.15) is 36.8 Å². The molecule has 0 heterocycles. The van der Waals surface area contributed by atoms with Gasteiger partial charge in [-0.1, -0.05) is 48.5 Å². The van der Waals surface area contributed by atoms with E-state index in [0.717, 1.165) is 22.3 Å². The van der Waals surface area contributed by atoms with Crippen LogP contribution in [0.25, 0.3) is 11.1 Å². The van der Waals surface area contributed by atoms with Crippen LogP contribution in [-0.4, -0.2) is 58.8 Å². The van der Waals surface area contributed by atoms with Crippen molar-refractivity contribution < 1.29 is 29.3 Å². The third-order valence-corrected chi connectivity index (χ3v) is 5.49. The van der Waals surface area contributed by atoms with Crippen LogP contribution in [0.5, 0.6) is 0 Å². The summed E-state index contributed by atoms with van der Waals surface area (Å²) in [5, 5.41) is 18.1.